The van der Waals surface area contributed by atoms with Crippen molar-refractivity contribution in [2.24, 2.45) is 0 Å². The monoisotopic (exact) mass is 429 g/mol. The van der Waals surface area contributed by atoms with Crippen molar-refractivity contribution in [2.75, 3.05) is 14.2 Å². The van der Waals surface area contributed by atoms with E-state index in [2.05, 4.69) is 27.9 Å². The summed E-state index contributed by atoms with van der Waals surface area (Å²) >= 11 is 2.12. The van der Waals surface area contributed by atoms with E-state index in [-0.39, 0.29) is 11.9 Å². The molecule has 0 spiro atoms. The maximum Gasteiger partial charge on any atom is 0.252 e. The molecule has 1 atom stereocenters. The average Bonchev–Trinajstić information content (AvgIpc) is 3.05. The number of aryl methyl sites for hydroxylation is 1. The Morgan fingerprint density at radius 1 is 1.30 bits per heavy atom. The Morgan fingerprint density at radius 2 is 2.00 bits per heavy atom. The number of hydrogen-bond donors (Lipinski definition) is 1. The van der Waals surface area contributed by atoms with Crippen LogP contribution in [0.15, 0.2) is 34.9 Å². The van der Waals surface area contributed by atoms with Crippen molar-refractivity contribution in [1.82, 2.24) is 5.32 Å². The molecule has 1 unspecified atom stereocenters. The van der Waals surface area contributed by atoms with Crippen LogP contribution in [0.3, 0.4) is 0 Å². The maximum absolute atomic E-state index is 12.5. The molecule has 0 aliphatic heterocycles. The summed E-state index contributed by atoms with van der Waals surface area (Å²) in [4.78, 5) is 12.5. The topological polar surface area (TPSA) is 60.7 Å². The molecule has 2 rings (SSSR count). The lowest BCUT2D eigenvalue weighted by Crippen LogP contribution is -2.33. The fraction of sp³-hybridized carbons (Fsp3) is 0.353. The van der Waals surface area contributed by atoms with Gasteiger partial charge in [-0.3, -0.25) is 4.79 Å². The molecular formula is C17H20INO4. The van der Waals surface area contributed by atoms with Crippen molar-refractivity contribution in [3.63, 3.8) is 0 Å². The molecule has 0 saturated carbocycles. The molecule has 1 aromatic heterocycles. The minimum absolute atomic E-state index is 0.0384. The Bertz CT molecular complexity index is 655. The van der Waals surface area contributed by atoms with Crippen molar-refractivity contribution in [1.29, 1.82) is 0 Å². The van der Waals surface area contributed by atoms with Gasteiger partial charge in [0.2, 0.25) is 0 Å². The first kappa shape index (κ1) is 17.7. The maximum atomic E-state index is 12.5. The fourth-order valence-electron chi connectivity index (χ4n) is 2.22. The Morgan fingerprint density at radius 3 is 2.61 bits per heavy atom. The summed E-state index contributed by atoms with van der Waals surface area (Å²) in [6, 6.07) is 7.34. The summed E-state index contributed by atoms with van der Waals surface area (Å²) in [5.74, 6) is 1.95. The molecular weight excluding hydrogens is 409 g/mol. The van der Waals surface area contributed by atoms with Gasteiger partial charge in [0, 0.05) is 16.0 Å². The normalized spacial score (nSPS) is 11.8. The highest BCUT2D eigenvalue weighted by atomic mass is 127. The summed E-state index contributed by atoms with van der Waals surface area (Å²) in [5, 5.41) is 3.01. The smallest absolute Gasteiger partial charge is 0.252 e. The number of nitrogens with one attached hydrogen (secondary N) is 1. The standard InChI is InChI=1S/C17H20INO4/c1-11(6-7-12-5-4-8-23-12)19-17(20)13-9-15(21-2)16(22-3)10-14(13)18/h4-5,8-11H,6-7H2,1-3H3,(H,19,20). The van der Waals surface area contributed by atoms with Gasteiger partial charge >= 0.3 is 0 Å². The molecule has 23 heavy (non-hydrogen) atoms. The third-order valence-electron chi connectivity index (χ3n) is 3.50. The molecule has 1 amide bonds. The minimum atomic E-state index is -0.123. The predicted octanol–water partition coefficient (Wildman–Crippen LogP) is 3.65. The van der Waals surface area contributed by atoms with Crippen LogP contribution >= 0.6 is 22.6 Å². The lowest BCUT2D eigenvalue weighted by Gasteiger charge is -2.16. The zero-order chi connectivity index (χ0) is 16.8. The first-order valence-electron chi connectivity index (χ1n) is 7.30. The van der Waals surface area contributed by atoms with Crippen LogP contribution in [0, 0.1) is 3.57 Å². The second-order valence-electron chi connectivity index (χ2n) is 5.18. The molecule has 0 aliphatic rings. The molecule has 6 heteroatoms. The van der Waals surface area contributed by atoms with Gasteiger partial charge in [-0.1, -0.05) is 0 Å². The highest BCUT2D eigenvalue weighted by molar-refractivity contribution is 14.1. The molecule has 1 N–H and O–H groups in total. The van der Waals surface area contributed by atoms with Gasteiger partial charge in [0.15, 0.2) is 11.5 Å². The van der Waals surface area contributed by atoms with Gasteiger partial charge < -0.3 is 19.2 Å². The Labute approximate surface area is 149 Å². The molecule has 0 bridgehead atoms. The van der Waals surface area contributed by atoms with E-state index in [0.717, 1.165) is 22.2 Å². The van der Waals surface area contributed by atoms with E-state index < -0.39 is 0 Å². The van der Waals surface area contributed by atoms with E-state index in [4.69, 9.17) is 13.9 Å². The zero-order valence-corrected chi connectivity index (χ0v) is 15.5. The quantitative estimate of drug-likeness (QED) is 0.683. The lowest BCUT2D eigenvalue weighted by molar-refractivity contribution is 0.0936. The van der Waals surface area contributed by atoms with E-state index in [9.17, 15) is 4.79 Å². The molecule has 0 fully saturated rings. The SMILES string of the molecule is COc1cc(I)c(C(=O)NC(C)CCc2ccco2)cc1OC. The number of amides is 1. The van der Waals surface area contributed by atoms with Crippen molar-refractivity contribution in [2.45, 2.75) is 25.8 Å². The Balaban J connectivity index is 2.02. The number of hydrogen-bond acceptors (Lipinski definition) is 4. The number of halogens is 1. The van der Waals surface area contributed by atoms with Gasteiger partial charge in [-0.15, -0.1) is 0 Å². The highest BCUT2D eigenvalue weighted by Crippen LogP contribution is 2.31. The lowest BCUT2D eigenvalue weighted by atomic mass is 10.1. The van der Waals surface area contributed by atoms with Crippen LogP contribution in [-0.2, 0) is 6.42 Å². The van der Waals surface area contributed by atoms with Gasteiger partial charge in [-0.25, -0.2) is 0 Å². The van der Waals surface area contributed by atoms with Crippen LogP contribution in [0.25, 0.3) is 0 Å². The summed E-state index contributed by atoms with van der Waals surface area (Å²) in [7, 11) is 3.13. The molecule has 1 heterocycles. The van der Waals surface area contributed by atoms with E-state index in [1.807, 2.05) is 19.1 Å². The van der Waals surface area contributed by atoms with Crippen molar-refractivity contribution < 1.29 is 18.7 Å². The number of methoxy groups -OCH3 is 2. The molecule has 2 aromatic rings. The van der Waals surface area contributed by atoms with Crippen LogP contribution in [0.2, 0.25) is 0 Å². The van der Waals surface area contributed by atoms with Gasteiger partial charge in [-0.2, -0.15) is 0 Å². The number of ether oxygens (including phenoxy) is 2. The molecule has 0 saturated heterocycles. The number of carbonyl (C=O) groups is 1. The zero-order valence-electron chi connectivity index (χ0n) is 13.4. The van der Waals surface area contributed by atoms with Crippen molar-refractivity contribution in [3.05, 3.63) is 45.4 Å². The predicted molar refractivity (Wildman–Crippen MR) is 96.2 cm³/mol. The number of carbonyl (C=O) groups excluding carboxylic acids is 1. The average molecular weight is 429 g/mol. The third kappa shape index (κ3) is 4.63. The molecule has 124 valence electrons. The highest BCUT2D eigenvalue weighted by Gasteiger charge is 2.17. The molecule has 5 nitrogen and oxygen atoms in total. The van der Waals surface area contributed by atoms with E-state index in [1.165, 1.54) is 0 Å². The van der Waals surface area contributed by atoms with Crippen LogP contribution in [0.4, 0.5) is 0 Å². The van der Waals surface area contributed by atoms with Gasteiger partial charge in [0.05, 0.1) is 26.0 Å². The van der Waals surface area contributed by atoms with Crippen molar-refractivity contribution >= 4 is 28.5 Å². The van der Waals surface area contributed by atoms with Gasteiger partial charge in [0.1, 0.15) is 5.76 Å². The molecule has 0 radical (unpaired) electrons. The van der Waals surface area contributed by atoms with Crippen LogP contribution in [-0.4, -0.2) is 26.2 Å². The first-order chi connectivity index (χ1) is 11.0. The van der Waals surface area contributed by atoms with Crippen LogP contribution < -0.4 is 14.8 Å². The fourth-order valence-corrected chi connectivity index (χ4v) is 2.90. The van der Waals surface area contributed by atoms with Crippen LogP contribution in [0.5, 0.6) is 11.5 Å². The van der Waals surface area contributed by atoms with Gasteiger partial charge in [0.25, 0.3) is 5.91 Å². The first-order valence-corrected chi connectivity index (χ1v) is 8.37. The summed E-state index contributed by atoms with van der Waals surface area (Å²) in [5.41, 5.74) is 0.577. The number of rotatable bonds is 7. The van der Waals surface area contributed by atoms with E-state index in [0.29, 0.717) is 17.1 Å². The Kier molecular flexibility index (Phi) is 6.32. The largest absolute Gasteiger partial charge is 0.493 e. The second kappa shape index (κ2) is 8.24. The van der Waals surface area contributed by atoms with E-state index >= 15 is 0 Å². The van der Waals surface area contributed by atoms with E-state index in [1.54, 1.807) is 32.6 Å². The number of benzene rings is 1. The van der Waals surface area contributed by atoms with Gasteiger partial charge in [-0.05, 0) is 60.2 Å². The summed E-state index contributed by atoms with van der Waals surface area (Å²) < 4.78 is 16.6. The summed E-state index contributed by atoms with van der Waals surface area (Å²) in [6.45, 7) is 1.98. The minimum Gasteiger partial charge on any atom is -0.493 e. The number of furan rings is 1. The van der Waals surface area contributed by atoms with Crippen molar-refractivity contribution in [3.8, 4) is 11.5 Å². The molecule has 1 aromatic carbocycles. The Hall–Kier alpha value is -1.70. The van der Waals surface area contributed by atoms with Crippen LogP contribution in [0.1, 0.15) is 29.5 Å². The summed E-state index contributed by atoms with van der Waals surface area (Å²) in [6.07, 6.45) is 3.26. The third-order valence-corrected chi connectivity index (χ3v) is 4.39. The molecule has 0 aliphatic carbocycles. The second-order valence-corrected chi connectivity index (χ2v) is 6.34.